The molecule has 2 rings (SSSR count). The molecule has 2 aromatic rings. The minimum atomic E-state index is 0.0892. The first-order valence-corrected chi connectivity index (χ1v) is 7.86. The normalized spacial score (nSPS) is 11.9. The number of pyridine rings is 1. The van der Waals surface area contributed by atoms with Gasteiger partial charge in [-0.2, -0.15) is 0 Å². The molecule has 0 spiro atoms. The quantitative estimate of drug-likeness (QED) is 0.869. The van der Waals surface area contributed by atoms with Crippen molar-refractivity contribution in [2.45, 2.75) is 32.2 Å². The van der Waals surface area contributed by atoms with Gasteiger partial charge in [0.2, 0.25) is 5.91 Å². The number of aryl methyl sites for hydroxylation is 1. The maximum Gasteiger partial charge on any atom is 0.220 e. The molecule has 1 heterocycles. The summed E-state index contributed by atoms with van der Waals surface area (Å²) >= 11 is 3.53. The molecule has 3 nitrogen and oxygen atoms in total. The van der Waals surface area contributed by atoms with E-state index >= 15 is 0 Å². The van der Waals surface area contributed by atoms with Crippen molar-refractivity contribution in [2.75, 3.05) is 0 Å². The number of nitrogens with one attached hydrogen (secondary N) is 1. The number of carbonyl (C=O) groups excluding carboxylic acids is 1. The van der Waals surface area contributed by atoms with Gasteiger partial charge in [0.1, 0.15) is 0 Å². The maximum absolute atomic E-state index is 12.0. The molecule has 1 aromatic heterocycles. The Morgan fingerprint density at radius 1 is 1.24 bits per heavy atom. The van der Waals surface area contributed by atoms with Crippen LogP contribution in [0.5, 0.6) is 0 Å². The highest BCUT2D eigenvalue weighted by Gasteiger charge is 2.09. The smallest absolute Gasteiger partial charge is 0.220 e. The monoisotopic (exact) mass is 346 g/mol. The molecule has 0 saturated carbocycles. The van der Waals surface area contributed by atoms with Crippen LogP contribution in [0, 0.1) is 0 Å². The number of hydrogen-bond donors (Lipinski definition) is 1. The van der Waals surface area contributed by atoms with Crippen LogP contribution in [0.25, 0.3) is 0 Å². The molecule has 1 amide bonds. The first kappa shape index (κ1) is 15.7. The van der Waals surface area contributed by atoms with Crippen LogP contribution in [0.2, 0.25) is 0 Å². The average molecular weight is 347 g/mol. The van der Waals surface area contributed by atoms with Gasteiger partial charge in [0.25, 0.3) is 0 Å². The van der Waals surface area contributed by atoms with Gasteiger partial charge in [-0.05, 0) is 49.1 Å². The van der Waals surface area contributed by atoms with Crippen LogP contribution in [0.4, 0.5) is 0 Å². The highest BCUT2D eigenvalue weighted by molar-refractivity contribution is 9.10. The Hall–Kier alpha value is -1.68. The van der Waals surface area contributed by atoms with Gasteiger partial charge >= 0.3 is 0 Å². The molecule has 4 heteroatoms. The van der Waals surface area contributed by atoms with Gasteiger partial charge in [-0.3, -0.25) is 9.78 Å². The minimum Gasteiger partial charge on any atom is -0.353 e. The summed E-state index contributed by atoms with van der Waals surface area (Å²) in [6.07, 6.45) is 5.58. The number of benzene rings is 1. The molecule has 1 aromatic carbocycles. The summed E-state index contributed by atoms with van der Waals surface area (Å²) in [5, 5.41) is 3.05. The minimum absolute atomic E-state index is 0.0892. The number of amides is 1. The predicted octanol–water partition coefficient (Wildman–Crippen LogP) is 3.52. The van der Waals surface area contributed by atoms with Crippen molar-refractivity contribution >= 4 is 21.8 Å². The van der Waals surface area contributed by atoms with Gasteiger partial charge in [-0.15, -0.1) is 0 Å². The molecule has 0 aliphatic carbocycles. The number of rotatable bonds is 6. The van der Waals surface area contributed by atoms with E-state index in [1.807, 2.05) is 37.3 Å². The van der Waals surface area contributed by atoms with Gasteiger partial charge in [0, 0.05) is 29.3 Å². The van der Waals surface area contributed by atoms with E-state index in [0.29, 0.717) is 6.42 Å². The summed E-state index contributed by atoms with van der Waals surface area (Å²) in [6, 6.07) is 12.1. The second-order valence-corrected chi connectivity index (χ2v) is 5.97. The van der Waals surface area contributed by atoms with Gasteiger partial charge < -0.3 is 5.32 Å². The Bertz CT molecular complexity index is 586. The zero-order valence-electron chi connectivity index (χ0n) is 12.1. The van der Waals surface area contributed by atoms with Crippen molar-refractivity contribution in [1.29, 1.82) is 0 Å². The fraction of sp³-hybridized carbons (Fsp3) is 0.294. The van der Waals surface area contributed by atoms with E-state index in [-0.39, 0.29) is 11.9 Å². The van der Waals surface area contributed by atoms with E-state index in [0.717, 1.165) is 22.9 Å². The van der Waals surface area contributed by atoms with E-state index in [2.05, 4.69) is 32.3 Å². The lowest BCUT2D eigenvalue weighted by molar-refractivity contribution is -0.121. The summed E-state index contributed by atoms with van der Waals surface area (Å²) in [7, 11) is 0. The molecule has 0 unspecified atom stereocenters. The third-order valence-electron chi connectivity index (χ3n) is 3.28. The third-order valence-corrected chi connectivity index (χ3v) is 4.06. The summed E-state index contributed by atoms with van der Waals surface area (Å²) in [5.41, 5.74) is 2.35. The summed E-state index contributed by atoms with van der Waals surface area (Å²) in [4.78, 5) is 15.9. The van der Waals surface area contributed by atoms with Crippen molar-refractivity contribution in [3.63, 3.8) is 0 Å². The molecule has 1 atom stereocenters. The summed E-state index contributed by atoms with van der Waals surface area (Å²) < 4.78 is 1.09. The standard InChI is InChI=1S/C17H19BrN2O/c1-13(12-15-4-2-3-5-16(15)18)20-17(21)7-6-14-8-10-19-11-9-14/h2-5,8-11,13H,6-7,12H2,1H3,(H,20,21)/t13-/m0/s1. The Balaban J connectivity index is 1.78. The van der Waals surface area contributed by atoms with Crippen molar-refractivity contribution in [3.05, 3.63) is 64.4 Å². The second-order valence-electron chi connectivity index (χ2n) is 5.12. The van der Waals surface area contributed by atoms with Crippen LogP contribution in [-0.4, -0.2) is 16.9 Å². The lowest BCUT2D eigenvalue weighted by Crippen LogP contribution is -2.34. The van der Waals surface area contributed by atoms with Crippen LogP contribution in [0.3, 0.4) is 0 Å². The molecule has 0 aliphatic rings. The van der Waals surface area contributed by atoms with E-state index in [9.17, 15) is 4.79 Å². The SMILES string of the molecule is C[C@@H](Cc1ccccc1Br)NC(=O)CCc1ccncc1. The fourth-order valence-electron chi connectivity index (χ4n) is 2.20. The molecule has 0 fully saturated rings. The second kappa shape index (κ2) is 7.93. The third kappa shape index (κ3) is 5.31. The molecular formula is C17H19BrN2O. The highest BCUT2D eigenvalue weighted by atomic mass is 79.9. The number of carbonyl (C=O) groups is 1. The van der Waals surface area contributed by atoms with Crippen molar-refractivity contribution in [3.8, 4) is 0 Å². The Morgan fingerprint density at radius 3 is 2.67 bits per heavy atom. The van der Waals surface area contributed by atoms with E-state index in [1.54, 1.807) is 12.4 Å². The summed E-state index contributed by atoms with van der Waals surface area (Å²) in [5.74, 6) is 0.0892. The van der Waals surface area contributed by atoms with Crippen molar-refractivity contribution in [1.82, 2.24) is 10.3 Å². The Labute approximate surface area is 133 Å². The zero-order chi connectivity index (χ0) is 15.1. The van der Waals surface area contributed by atoms with E-state index in [4.69, 9.17) is 0 Å². The zero-order valence-corrected chi connectivity index (χ0v) is 13.6. The van der Waals surface area contributed by atoms with Gasteiger partial charge in [-0.25, -0.2) is 0 Å². The molecule has 0 aliphatic heterocycles. The Morgan fingerprint density at radius 2 is 1.95 bits per heavy atom. The number of nitrogens with zero attached hydrogens (tertiary/aromatic N) is 1. The van der Waals surface area contributed by atoms with Gasteiger partial charge in [0.15, 0.2) is 0 Å². The van der Waals surface area contributed by atoms with Crippen LogP contribution in [-0.2, 0) is 17.6 Å². The maximum atomic E-state index is 12.0. The fourth-order valence-corrected chi connectivity index (χ4v) is 2.65. The van der Waals surface area contributed by atoms with Crippen molar-refractivity contribution in [2.24, 2.45) is 0 Å². The molecule has 1 N–H and O–H groups in total. The molecule has 110 valence electrons. The summed E-state index contributed by atoms with van der Waals surface area (Å²) in [6.45, 7) is 2.03. The first-order chi connectivity index (χ1) is 10.1. The molecular weight excluding hydrogens is 328 g/mol. The topological polar surface area (TPSA) is 42.0 Å². The van der Waals surface area contributed by atoms with Crippen molar-refractivity contribution < 1.29 is 4.79 Å². The van der Waals surface area contributed by atoms with Crippen LogP contribution >= 0.6 is 15.9 Å². The first-order valence-electron chi connectivity index (χ1n) is 7.07. The lowest BCUT2D eigenvalue weighted by Gasteiger charge is -2.15. The van der Waals surface area contributed by atoms with Gasteiger partial charge in [-0.1, -0.05) is 34.1 Å². The number of hydrogen-bond acceptors (Lipinski definition) is 2. The number of aromatic nitrogens is 1. The molecule has 21 heavy (non-hydrogen) atoms. The highest BCUT2D eigenvalue weighted by Crippen LogP contribution is 2.17. The van der Waals surface area contributed by atoms with Crippen LogP contribution in [0.1, 0.15) is 24.5 Å². The predicted molar refractivity (Wildman–Crippen MR) is 88.0 cm³/mol. The molecule has 0 saturated heterocycles. The number of halogens is 1. The van der Waals surface area contributed by atoms with Gasteiger partial charge in [0.05, 0.1) is 0 Å². The average Bonchev–Trinajstić information content (AvgIpc) is 2.48. The van der Waals surface area contributed by atoms with E-state index < -0.39 is 0 Å². The van der Waals surface area contributed by atoms with Crippen LogP contribution in [0.15, 0.2) is 53.3 Å². The molecule has 0 bridgehead atoms. The largest absolute Gasteiger partial charge is 0.353 e. The lowest BCUT2D eigenvalue weighted by atomic mass is 10.1. The Kier molecular flexibility index (Phi) is 5.93. The molecule has 0 radical (unpaired) electrons. The van der Waals surface area contributed by atoms with Crippen LogP contribution < -0.4 is 5.32 Å². The van der Waals surface area contributed by atoms with E-state index in [1.165, 1.54) is 5.56 Å².